The van der Waals surface area contributed by atoms with Crippen LogP contribution in [0, 0.1) is 5.92 Å². The number of allylic oxidation sites excluding steroid dienone is 2. The largest absolute Gasteiger partial charge is 1.00 e. The van der Waals surface area contributed by atoms with Crippen molar-refractivity contribution in [3.8, 4) is 0 Å². The average Bonchev–Trinajstić information content (AvgIpc) is 2.52. The zero-order valence-corrected chi connectivity index (χ0v) is 12.2. The monoisotopic (exact) mass is 323 g/mol. The van der Waals surface area contributed by atoms with Crippen molar-refractivity contribution in [3.05, 3.63) is 12.2 Å². The van der Waals surface area contributed by atoms with E-state index in [1.54, 1.807) is 0 Å². The molecule has 0 fully saturated rings. The molecule has 0 bridgehead atoms. The molecule has 0 radical (unpaired) electrons. The number of quaternary nitrogens is 1. The minimum absolute atomic E-state index is 0. The molecule has 3 heteroatoms. The number of halogens is 1. The van der Waals surface area contributed by atoms with E-state index in [2.05, 4.69) is 33.3 Å². The molecule has 88 valence electrons. The van der Waals surface area contributed by atoms with Crippen LogP contribution in [0.2, 0.25) is 0 Å². The number of rotatable bonds is 5. The summed E-state index contributed by atoms with van der Waals surface area (Å²) in [4.78, 5) is 11.6. The van der Waals surface area contributed by atoms with E-state index in [0.29, 0.717) is 11.7 Å². The highest BCUT2D eigenvalue weighted by atomic mass is 127. The molecule has 0 atom stereocenters. The Hall–Kier alpha value is 0.100. The van der Waals surface area contributed by atoms with E-state index in [4.69, 9.17) is 0 Å². The number of nitrogens with zero attached hydrogens (tertiary/aromatic N) is 1. The Morgan fingerprint density at radius 2 is 1.80 bits per heavy atom. The van der Waals surface area contributed by atoms with E-state index < -0.39 is 0 Å². The Bertz CT molecular complexity index is 222. The van der Waals surface area contributed by atoms with Crippen molar-refractivity contribution in [2.45, 2.75) is 25.7 Å². The minimum Gasteiger partial charge on any atom is -1.00 e. The van der Waals surface area contributed by atoms with Gasteiger partial charge in [-0.25, -0.2) is 0 Å². The lowest BCUT2D eigenvalue weighted by molar-refractivity contribution is -0.869. The summed E-state index contributed by atoms with van der Waals surface area (Å²) in [6.07, 6.45) is 8.12. The Morgan fingerprint density at radius 1 is 1.27 bits per heavy atom. The second-order valence-corrected chi connectivity index (χ2v) is 5.32. The maximum absolute atomic E-state index is 11.6. The molecule has 1 aliphatic rings. The topological polar surface area (TPSA) is 17.1 Å². The predicted octanol–water partition coefficient (Wildman–Crippen LogP) is -0.988. The van der Waals surface area contributed by atoms with Crippen LogP contribution in [0.3, 0.4) is 0 Å². The summed E-state index contributed by atoms with van der Waals surface area (Å²) in [6.45, 7) is 0.957. The quantitative estimate of drug-likeness (QED) is 0.361. The smallest absolute Gasteiger partial charge is 0.138 e. The molecular formula is C12H22INO. The molecule has 15 heavy (non-hydrogen) atoms. The van der Waals surface area contributed by atoms with Crippen LogP contribution >= 0.6 is 0 Å². The summed E-state index contributed by atoms with van der Waals surface area (Å²) in [5.74, 6) is 1.04. The lowest BCUT2D eigenvalue weighted by atomic mass is 9.99. The molecule has 0 aromatic carbocycles. The van der Waals surface area contributed by atoms with Gasteiger partial charge in [0.25, 0.3) is 0 Å². The van der Waals surface area contributed by atoms with Gasteiger partial charge in [0.2, 0.25) is 0 Å². The molecule has 2 nitrogen and oxygen atoms in total. The highest BCUT2D eigenvalue weighted by molar-refractivity contribution is 5.78. The molecule has 0 N–H and O–H groups in total. The first-order chi connectivity index (χ1) is 6.47. The Balaban J connectivity index is 0.00000196. The Morgan fingerprint density at radius 3 is 2.27 bits per heavy atom. The van der Waals surface area contributed by atoms with Crippen LogP contribution in [0.4, 0.5) is 0 Å². The zero-order valence-electron chi connectivity index (χ0n) is 10.0. The van der Waals surface area contributed by atoms with E-state index in [9.17, 15) is 4.79 Å². The predicted molar refractivity (Wildman–Crippen MR) is 59.0 cm³/mol. The van der Waals surface area contributed by atoms with Crippen molar-refractivity contribution in [2.75, 3.05) is 27.7 Å². The van der Waals surface area contributed by atoms with Crippen molar-refractivity contribution >= 4 is 5.78 Å². The molecule has 0 amide bonds. The van der Waals surface area contributed by atoms with E-state index in [0.717, 1.165) is 36.7 Å². The van der Waals surface area contributed by atoms with Crippen molar-refractivity contribution in [1.29, 1.82) is 0 Å². The van der Waals surface area contributed by atoms with Crippen LogP contribution in [0.1, 0.15) is 25.7 Å². The second kappa shape index (κ2) is 6.63. The normalized spacial score (nSPS) is 16.5. The summed E-state index contributed by atoms with van der Waals surface area (Å²) in [6, 6.07) is 0. The van der Waals surface area contributed by atoms with Gasteiger partial charge in [0.15, 0.2) is 0 Å². The van der Waals surface area contributed by atoms with Crippen LogP contribution in [0.25, 0.3) is 0 Å². The van der Waals surface area contributed by atoms with E-state index in [1.165, 1.54) is 0 Å². The summed E-state index contributed by atoms with van der Waals surface area (Å²) < 4.78 is 0.884. The number of ketones is 1. The van der Waals surface area contributed by atoms with Crippen LogP contribution in [0.15, 0.2) is 12.2 Å². The van der Waals surface area contributed by atoms with Gasteiger partial charge in [0, 0.05) is 6.42 Å². The summed E-state index contributed by atoms with van der Waals surface area (Å²) in [7, 11) is 6.39. The zero-order chi connectivity index (χ0) is 10.6. The fourth-order valence-corrected chi connectivity index (χ4v) is 1.72. The molecule has 1 aliphatic carbocycles. The maximum Gasteiger partial charge on any atom is 0.138 e. The van der Waals surface area contributed by atoms with Gasteiger partial charge in [-0.05, 0) is 18.8 Å². The summed E-state index contributed by atoms with van der Waals surface area (Å²) >= 11 is 0. The molecule has 0 aromatic heterocycles. The fraction of sp³-hybridized carbons (Fsp3) is 0.750. The van der Waals surface area contributed by atoms with E-state index >= 15 is 0 Å². The lowest BCUT2D eigenvalue weighted by Gasteiger charge is -2.23. The van der Waals surface area contributed by atoms with Crippen molar-refractivity contribution in [2.24, 2.45) is 5.92 Å². The molecule has 0 saturated carbocycles. The molecule has 0 aromatic rings. The third-order valence-corrected chi connectivity index (χ3v) is 2.68. The van der Waals surface area contributed by atoms with Crippen LogP contribution in [0.5, 0.6) is 0 Å². The van der Waals surface area contributed by atoms with Crippen LogP contribution in [-0.2, 0) is 4.79 Å². The second-order valence-electron chi connectivity index (χ2n) is 5.32. The van der Waals surface area contributed by atoms with Crippen molar-refractivity contribution in [3.63, 3.8) is 0 Å². The third kappa shape index (κ3) is 7.06. The van der Waals surface area contributed by atoms with Gasteiger partial charge in [-0.1, -0.05) is 12.2 Å². The molecule has 1 rings (SSSR count). The van der Waals surface area contributed by atoms with Crippen molar-refractivity contribution in [1.82, 2.24) is 0 Å². The van der Waals surface area contributed by atoms with Gasteiger partial charge in [-0.2, -0.15) is 0 Å². The van der Waals surface area contributed by atoms with Gasteiger partial charge >= 0.3 is 0 Å². The first kappa shape index (κ1) is 15.1. The van der Waals surface area contributed by atoms with Gasteiger partial charge in [0.1, 0.15) is 5.78 Å². The van der Waals surface area contributed by atoms with Gasteiger partial charge < -0.3 is 28.5 Å². The van der Waals surface area contributed by atoms with E-state index in [1.807, 2.05) is 0 Å². The van der Waals surface area contributed by atoms with Gasteiger partial charge in [0.05, 0.1) is 34.1 Å². The first-order valence-corrected chi connectivity index (χ1v) is 5.44. The molecule has 0 saturated heterocycles. The van der Waals surface area contributed by atoms with Gasteiger partial charge in [-0.15, -0.1) is 0 Å². The SMILES string of the molecule is C[N+](C)(C)CCC(=O)CC1CC=CC1.[I-]. The number of carbonyl (C=O) groups is 1. The standard InChI is InChI=1S/C12H22NO.HI/c1-13(2,3)9-8-12(14)10-11-6-4-5-7-11;/h4-5,11H,6-10H2,1-3H3;1H/q+1;/p-1. The Labute approximate surface area is 110 Å². The first-order valence-electron chi connectivity index (χ1n) is 5.44. The van der Waals surface area contributed by atoms with Gasteiger partial charge in [-0.3, -0.25) is 4.79 Å². The summed E-state index contributed by atoms with van der Waals surface area (Å²) in [5.41, 5.74) is 0. The molecular weight excluding hydrogens is 301 g/mol. The molecule has 0 unspecified atom stereocenters. The van der Waals surface area contributed by atoms with Crippen LogP contribution < -0.4 is 24.0 Å². The number of carbonyl (C=O) groups excluding carboxylic acids is 1. The summed E-state index contributed by atoms with van der Waals surface area (Å²) in [5, 5.41) is 0. The molecule has 0 heterocycles. The number of hydrogen-bond donors (Lipinski definition) is 0. The minimum atomic E-state index is 0. The average molecular weight is 323 g/mol. The van der Waals surface area contributed by atoms with Crippen molar-refractivity contribution < 1.29 is 33.3 Å². The highest BCUT2D eigenvalue weighted by Gasteiger charge is 2.17. The van der Waals surface area contributed by atoms with Crippen LogP contribution in [-0.4, -0.2) is 38.0 Å². The molecule has 0 aliphatic heterocycles. The number of Topliss-reactive ketones (excluding diaryl/α,β-unsaturated/α-hetero) is 1. The Kier molecular flexibility index (Phi) is 6.68. The van der Waals surface area contributed by atoms with E-state index in [-0.39, 0.29) is 24.0 Å². The third-order valence-electron chi connectivity index (χ3n) is 2.68. The molecule has 0 spiro atoms. The lowest BCUT2D eigenvalue weighted by Crippen LogP contribution is -3.00. The number of hydrogen-bond acceptors (Lipinski definition) is 1. The maximum atomic E-state index is 11.6. The highest BCUT2D eigenvalue weighted by Crippen LogP contribution is 2.21. The fourth-order valence-electron chi connectivity index (χ4n) is 1.72.